The molecule has 286 valence electrons. The molecule has 0 radical (unpaired) electrons. The van der Waals surface area contributed by atoms with Gasteiger partial charge in [0.1, 0.15) is 11.6 Å². The third kappa shape index (κ3) is 9.36. The fourth-order valence-corrected chi connectivity index (χ4v) is 7.04. The quantitative estimate of drug-likeness (QED) is 0.127. The largest absolute Gasteiger partial charge is 0.478 e. The molecular formula is C44H33Cl2F2N5O4. The molecule has 0 spiro atoms. The molecule has 2 heterocycles. The lowest BCUT2D eigenvalue weighted by molar-refractivity contribution is 0.0696. The molecule has 0 saturated carbocycles. The Morgan fingerprint density at radius 1 is 0.632 bits per heavy atom. The molecule has 57 heavy (non-hydrogen) atoms. The molecule has 0 aliphatic heterocycles. The van der Waals surface area contributed by atoms with Crippen LogP contribution in [0, 0.1) is 11.6 Å². The second-order valence-electron chi connectivity index (χ2n) is 13.1. The average Bonchev–Trinajstić information content (AvgIpc) is 3.79. The number of hydrogen-bond donors (Lipinski definition) is 3. The highest BCUT2D eigenvalue weighted by Crippen LogP contribution is 2.31. The normalized spacial score (nSPS) is 11.0. The van der Waals surface area contributed by atoms with Crippen LogP contribution in [0.5, 0.6) is 0 Å². The number of fused-ring (bicyclic) bond motifs is 2. The van der Waals surface area contributed by atoms with E-state index >= 15 is 0 Å². The van der Waals surface area contributed by atoms with E-state index in [2.05, 4.69) is 15.5 Å². The van der Waals surface area contributed by atoms with Gasteiger partial charge < -0.3 is 15.5 Å². The maximum atomic E-state index is 13.6. The zero-order chi connectivity index (χ0) is 40.1. The van der Waals surface area contributed by atoms with Crippen LogP contribution in [-0.4, -0.2) is 54.8 Å². The summed E-state index contributed by atoms with van der Waals surface area (Å²) in [5.41, 5.74) is 7.25. The van der Waals surface area contributed by atoms with Crippen LogP contribution >= 0.6 is 23.2 Å². The second-order valence-corrected chi connectivity index (χ2v) is 14.0. The summed E-state index contributed by atoms with van der Waals surface area (Å²) in [4.78, 5) is 23.5. The molecule has 0 unspecified atom stereocenters. The van der Waals surface area contributed by atoms with E-state index in [0.717, 1.165) is 49.6 Å². The van der Waals surface area contributed by atoms with Crippen molar-refractivity contribution in [1.29, 1.82) is 0 Å². The first kappa shape index (κ1) is 38.9. The monoisotopic (exact) mass is 803 g/mol. The van der Waals surface area contributed by atoms with Crippen molar-refractivity contribution in [3.05, 3.63) is 178 Å². The number of nitrogens with zero attached hydrogens (tertiary/aromatic N) is 4. The van der Waals surface area contributed by atoms with E-state index in [1.807, 2.05) is 73.1 Å². The minimum atomic E-state index is -0.970. The number of carbonyl (C=O) groups excluding carboxylic acids is 1. The summed E-state index contributed by atoms with van der Waals surface area (Å²) in [5, 5.41) is 32.4. The maximum Gasteiger partial charge on any atom is 0.335 e. The fourth-order valence-electron chi connectivity index (χ4n) is 6.55. The maximum absolute atomic E-state index is 13.6. The van der Waals surface area contributed by atoms with Crippen molar-refractivity contribution < 1.29 is 28.6 Å². The van der Waals surface area contributed by atoms with Crippen LogP contribution in [0.25, 0.3) is 44.1 Å². The number of aromatic carboxylic acids is 1. The van der Waals surface area contributed by atoms with Crippen molar-refractivity contribution in [2.24, 2.45) is 0 Å². The number of halogens is 4. The third-order valence-corrected chi connectivity index (χ3v) is 9.42. The Balaban J connectivity index is 0.000000175. The van der Waals surface area contributed by atoms with Gasteiger partial charge in [0, 0.05) is 45.3 Å². The van der Waals surface area contributed by atoms with Gasteiger partial charge in [-0.15, -0.1) is 0 Å². The molecule has 8 rings (SSSR count). The third-order valence-electron chi connectivity index (χ3n) is 8.98. The molecule has 3 N–H and O–H groups in total. The van der Waals surface area contributed by atoms with Crippen LogP contribution in [0.2, 0.25) is 10.0 Å². The van der Waals surface area contributed by atoms with Crippen molar-refractivity contribution in [2.75, 3.05) is 13.2 Å². The molecule has 0 fully saturated rings. The van der Waals surface area contributed by atoms with E-state index in [0.29, 0.717) is 34.3 Å². The van der Waals surface area contributed by atoms with Gasteiger partial charge in [0.05, 0.1) is 36.3 Å². The van der Waals surface area contributed by atoms with Crippen LogP contribution in [0.15, 0.2) is 134 Å². The van der Waals surface area contributed by atoms with Crippen LogP contribution < -0.4 is 5.32 Å². The highest BCUT2D eigenvalue weighted by atomic mass is 35.5. The Kier molecular flexibility index (Phi) is 11.7. The topological polar surface area (TPSA) is 122 Å². The SMILES string of the molecule is O=C(NCCO)c1cccc(-c2cccc3nn(Cc4cc(F)cc(Cl)c4)cc23)c1.O=C(O)c1cccc(-c2cccc3nn(Cc4cc(F)cc(Cl)c4)cc23)c1. The van der Waals surface area contributed by atoms with E-state index in [1.54, 1.807) is 45.8 Å². The lowest BCUT2D eigenvalue weighted by atomic mass is 10.00. The first-order chi connectivity index (χ1) is 27.5. The molecule has 0 saturated heterocycles. The van der Waals surface area contributed by atoms with Gasteiger partial charge in [-0.1, -0.05) is 71.7 Å². The minimum Gasteiger partial charge on any atom is -0.478 e. The molecule has 0 atom stereocenters. The first-order valence-electron chi connectivity index (χ1n) is 17.7. The van der Waals surface area contributed by atoms with E-state index in [4.69, 9.17) is 28.3 Å². The molecule has 0 aliphatic carbocycles. The molecule has 8 aromatic rings. The first-order valence-corrected chi connectivity index (χ1v) is 18.4. The van der Waals surface area contributed by atoms with Crippen molar-refractivity contribution in [1.82, 2.24) is 24.9 Å². The Labute approximate surface area is 335 Å². The standard InChI is InChI=1S/C23H19ClFN3O2.C21H14ClFN2O2/c24-18-9-15(10-19(25)12-18)13-28-14-21-20(5-2-6-22(21)27-28)16-3-1-4-17(11-16)23(30)26-7-8-29;22-16-7-13(8-17(23)10-16)11-25-12-19-18(5-2-6-20(19)24-25)14-3-1-4-15(9-14)21(26)27/h1-6,9-12,14,29H,7-8,13H2,(H,26,30);1-10,12H,11H2,(H,26,27). The summed E-state index contributed by atoms with van der Waals surface area (Å²) in [5.74, 6) is -1.98. The molecule has 13 heteroatoms. The number of benzene rings is 6. The highest BCUT2D eigenvalue weighted by molar-refractivity contribution is 6.31. The van der Waals surface area contributed by atoms with Crippen molar-refractivity contribution in [3.8, 4) is 22.3 Å². The summed E-state index contributed by atoms with van der Waals surface area (Å²) in [7, 11) is 0. The van der Waals surface area contributed by atoms with Gasteiger partial charge in [-0.25, -0.2) is 13.6 Å². The zero-order valence-corrected chi connectivity index (χ0v) is 31.6. The summed E-state index contributed by atoms with van der Waals surface area (Å²) < 4.78 is 30.7. The number of aromatic nitrogens is 4. The van der Waals surface area contributed by atoms with Crippen molar-refractivity contribution in [3.63, 3.8) is 0 Å². The molecule has 6 aromatic carbocycles. The van der Waals surface area contributed by atoms with Gasteiger partial charge in [-0.3, -0.25) is 14.2 Å². The van der Waals surface area contributed by atoms with Gasteiger partial charge in [-0.05, 0) is 106 Å². The molecule has 9 nitrogen and oxygen atoms in total. The van der Waals surface area contributed by atoms with Crippen LogP contribution in [-0.2, 0) is 13.1 Å². The predicted molar refractivity (Wildman–Crippen MR) is 218 cm³/mol. The van der Waals surface area contributed by atoms with Gasteiger partial charge in [0.15, 0.2) is 0 Å². The molecule has 2 aromatic heterocycles. The van der Waals surface area contributed by atoms with Crippen LogP contribution in [0.3, 0.4) is 0 Å². The second kappa shape index (κ2) is 17.2. The van der Waals surface area contributed by atoms with Crippen molar-refractivity contribution in [2.45, 2.75) is 13.1 Å². The molecule has 1 amide bonds. The number of hydrogen-bond acceptors (Lipinski definition) is 5. The molecular weight excluding hydrogens is 771 g/mol. The Morgan fingerprint density at radius 3 is 1.58 bits per heavy atom. The van der Waals surface area contributed by atoms with E-state index in [-0.39, 0.29) is 36.3 Å². The number of aliphatic hydroxyl groups excluding tert-OH is 1. The Bertz CT molecular complexity index is 2730. The number of amides is 1. The predicted octanol–water partition coefficient (Wildman–Crippen LogP) is 9.51. The number of carboxylic acid groups (broad SMARTS) is 1. The molecule has 0 aliphatic rings. The lowest BCUT2D eigenvalue weighted by Crippen LogP contribution is -2.26. The summed E-state index contributed by atoms with van der Waals surface area (Å²) >= 11 is 11.9. The van der Waals surface area contributed by atoms with Gasteiger partial charge in [0.25, 0.3) is 5.91 Å². The van der Waals surface area contributed by atoms with Gasteiger partial charge >= 0.3 is 5.97 Å². The number of rotatable bonds is 10. The number of carboxylic acids is 1. The number of carbonyl (C=O) groups is 2. The average molecular weight is 805 g/mol. The zero-order valence-electron chi connectivity index (χ0n) is 30.0. The van der Waals surface area contributed by atoms with Gasteiger partial charge in [-0.2, -0.15) is 10.2 Å². The van der Waals surface area contributed by atoms with Gasteiger partial charge in [0.2, 0.25) is 0 Å². The number of nitrogens with one attached hydrogen (secondary N) is 1. The summed E-state index contributed by atoms with van der Waals surface area (Å²) in [6.45, 7) is 0.853. The lowest BCUT2D eigenvalue weighted by Gasteiger charge is -2.07. The minimum absolute atomic E-state index is 0.111. The van der Waals surface area contributed by atoms with E-state index in [9.17, 15) is 23.5 Å². The highest BCUT2D eigenvalue weighted by Gasteiger charge is 2.13. The van der Waals surface area contributed by atoms with E-state index in [1.165, 1.54) is 24.3 Å². The van der Waals surface area contributed by atoms with Crippen LogP contribution in [0.4, 0.5) is 8.78 Å². The van der Waals surface area contributed by atoms with Crippen molar-refractivity contribution >= 4 is 56.9 Å². The Hall–Kier alpha value is -6.40. The Morgan fingerprint density at radius 2 is 1.11 bits per heavy atom. The molecule has 0 bridgehead atoms. The smallest absolute Gasteiger partial charge is 0.335 e. The summed E-state index contributed by atoms with van der Waals surface area (Å²) in [6, 6.07) is 34.4. The summed E-state index contributed by atoms with van der Waals surface area (Å²) in [6.07, 6.45) is 3.78. The van der Waals surface area contributed by atoms with Crippen LogP contribution in [0.1, 0.15) is 31.8 Å². The number of aliphatic hydroxyl groups is 1. The fraction of sp³-hybridized carbons (Fsp3) is 0.0909. The van der Waals surface area contributed by atoms with E-state index < -0.39 is 5.97 Å².